The van der Waals surface area contributed by atoms with Gasteiger partial charge in [0.05, 0.1) is 5.69 Å². The number of hydrogen-bond acceptors (Lipinski definition) is 4. The van der Waals surface area contributed by atoms with Gasteiger partial charge in [-0.3, -0.25) is 4.79 Å². The SMILES string of the molecule is O=C(Nc1cccnc1-n1cccn1)[C@H]1CCCO1. The molecule has 1 fully saturated rings. The smallest absolute Gasteiger partial charge is 0.253 e. The second-order valence-electron chi connectivity index (χ2n) is 4.32. The zero-order valence-electron chi connectivity index (χ0n) is 10.3. The maximum absolute atomic E-state index is 12.0. The van der Waals surface area contributed by atoms with Gasteiger partial charge < -0.3 is 10.1 Å². The number of ether oxygens (including phenoxy) is 1. The van der Waals surface area contributed by atoms with E-state index in [1.807, 2.05) is 0 Å². The molecule has 6 nitrogen and oxygen atoms in total. The van der Waals surface area contributed by atoms with Crippen LogP contribution in [0.25, 0.3) is 5.82 Å². The largest absolute Gasteiger partial charge is 0.368 e. The van der Waals surface area contributed by atoms with Crippen molar-refractivity contribution in [3.05, 3.63) is 36.8 Å². The van der Waals surface area contributed by atoms with Crippen LogP contribution >= 0.6 is 0 Å². The fraction of sp³-hybridized carbons (Fsp3) is 0.308. The van der Waals surface area contributed by atoms with Crippen molar-refractivity contribution in [3.8, 4) is 5.82 Å². The van der Waals surface area contributed by atoms with Crippen LogP contribution in [0.5, 0.6) is 0 Å². The van der Waals surface area contributed by atoms with E-state index in [2.05, 4.69) is 15.4 Å². The van der Waals surface area contributed by atoms with Gasteiger partial charge in [-0.1, -0.05) is 0 Å². The van der Waals surface area contributed by atoms with Crippen LogP contribution in [0, 0.1) is 0 Å². The van der Waals surface area contributed by atoms with Gasteiger partial charge in [0.2, 0.25) is 0 Å². The first-order chi connectivity index (χ1) is 9.34. The minimum atomic E-state index is -0.356. The number of amides is 1. The molecule has 1 aliphatic rings. The molecule has 1 aliphatic heterocycles. The number of rotatable bonds is 3. The normalized spacial score (nSPS) is 18.4. The summed E-state index contributed by atoms with van der Waals surface area (Å²) >= 11 is 0. The molecule has 0 bridgehead atoms. The molecular formula is C13H14N4O2. The summed E-state index contributed by atoms with van der Waals surface area (Å²) in [5.41, 5.74) is 0.631. The number of hydrogen-bond donors (Lipinski definition) is 1. The van der Waals surface area contributed by atoms with Gasteiger partial charge in [0.25, 0.3) is 5.91 Å². The molecule has 0 unspecified atom stereocenters. The summed E-state index contributed by atoms with van der Waals surface area (Å²) in [5.74, 6) is 0.470. The van der Waals surface area contributed by atoms with Gasteiger partial charge in [-0.15, -0.1) is 0 Å². The molecule has 1 N–H and O–H groups in total. The Morgan fingerprint density at radius 2 is 2.37 bits per heavy atom. The van der Waals surface area contributed by atoms with Crippen molar-refractivity contribution < 1.29 is 9.53 Å². The highest BCUT2D eigenvalue weighted by molar-refractivity contribution is 5.95. The van der Waals surface area contributed by atoms with Crippen LogP contribution in [-0.4, -0.2) is 33.4 Å². The lowest BCUT2D eigenvalue weighted by atomic mass is 10.2. The number of carbonyl (C=O) groups is 1. The molecule has 3 heterocycles. The molecule has 0 saturated carbocycles. The maximum Gasteiger partial charge on any atom is 0.253 e. The first-order valence-electron chi connectivity index (χ1n) is 6.22. The Morgan fingerprint density at radius 3 is 3.11 bits per heavy atom. The van der Waals surface area contributed by atoms with E-state index in [9.17, 15) is 4.79 Å². The lowest BCUT2D eigenvalue weighted by Gasteiger charge is -2.12. The minimum Gasteiger partial charge on any atom is -0.368 e. The average molecular weight is 258 g/mol. The predicted octanol–water partition coefficient (Wildman–Crippen LogP) is 1.38. The second kappa shape index (κ2) is 5.19. The Hall–Kier alpha value is -2.21. The van der Waals surface area contributed by atoms with Crippen LogP contribution in [0.15, 0.2) is 36.8 Å². The van der Waals surface area contributed by atoms with Crippen molar-refractivity contribution in [1.29, 1.82) is 0 Å². The third-order valence-corrected chi connectivity index (χ3v) is 2.99. The molecule has 19 heavy (non-hydrogen) atoms. The number of pyridine rings is 1. The number of aromatic nitrogens is 3. The minimum absolute atomic E-state index is 0.126. The molecule has 98 valence electrons. The lowest BCUT2D eigenvalue weighted by Crippen LogP contribution is -2.27. The molecule has 0 aliphatic carbocycles. The topological polar surface area (TPSA) is 69.0 Å². The summed E-state index contributed by atoms with van der Waals surface area (Å²) in [6.45, 7) is 0.650. The summed E-state index contributed by atoms with van der Waals surface area (Å²) in [4.78, 5) is 16.3. The Balaban J connectivity index is 1.83. The third-order valence-electron chi connectivity index (χ3n) is 2.99. The number of carbonyl (C=O) groups excluding carboxylic acids is 1. The first kappa shape index (κ1) is 11.9. The zero-order valence-corrected chi connectivity index (χ0v) is 10.3. The van der Waals surface area contributed by atoms with Crippen molar-refractivity contribution in [2.45, 2.75) is 18.9 Å². The van der Waals surface area contributed by atoms with Crippen LogP contribution in [0.1, 0.15) is 12.8 Å². The van der Waals surface area contributed by atoms with Gasteiger partial charge in [-0.25, -0.2) is 9.67 Å². The van der Waals surface area contributed by atoms with Gasteiger partial charge in [0.1, 0.15) is 6.10 Å². The second-order valence-corrected chi connectivity index (χ2v) is 4.32. The number of nitrogens with zero attached hydrogens (tertiary/aromatic N) is 3. The molecule has 1 atom stereocenters. The van der Waals surface area contributed by atoms with Crippen molar-refractivity contribution in [2.75, 3.05) is 11.9 Å². The van der Waals surface area contributed by atoms with Crippen molar-refractivity contribution in [2.24, 2.45) is 0 Å². The standard InChI is InChI=1S/C13H14N4O2/c18-13(11-5-2-9-19-11)16-10-4-1-6-14-12(10)17-8-3-7-15-17/h1,3-4,6-8,11H,2,5,9H2,(H,16,18)/t11-/m1/s1. The Morgan fingerprint density at radius 1 is 1.42 bits per heavy atom. The van der Waals surface area contributed by atoms with Gasteiger partial charge in [-0.05, 0) is 31.0 Å². The lowest BCUT2D eigenvalue weighted by molar-refractivity contribution is -0.124. The molecule has 3 rings (SSSR count). The van der Waals surface area contributed by atoms with E-state index in [1.54, 1.807) is 41.5 Å². The van der Waals surface area contributed by atoms with Crippen molar-refractivity contribution >= 4 is 11.6 Å². The first-order valence-corrected chi connectivity index (χ1v) is 6.22. The summed E-state index contributed by atoms with van der Waals surface area (Å²) < 4.78 is 6.98. The van der Waals surface area contributed by atoms with E-state index in [-0.39, 0.29) is 12.0 Å². The summed E-state index contributed by atoms with van der Waals surface area (Å²) in [5, 5.41) is 6.98. The average Bonchev–Trinajstić information content (AvgIpc) is 3.13. The van der Waals surface area contributed by atoms with Crippen LogP contribution in [0.4, 0.5) is 5.69 Å². The molecule has 0 spiro atoms. The van der Waals surface area contributed by atoms with E-state index in [0.717, 1.165) is 12.8 Å². The van der Waals surface area contributed by atoms with E-state index in [1.165, 1.54) is 0 Å². The van der Waals surface area contributed by atoms with E-state index in [0.29, 0.717) is 18.1 Å². The molecular weight excluding hydrogens is 244 g/mol. The number of anilines is 1. The third kappa shape index (κ3) is 2.48. The van der Waals surface area contributed by atoms with E-state index >= 15 is 0 Å². The number of nitrogens with one attached hydrogen (secondary N) is 1. The molecule has 6 heteroatoms. The molecule has 0 aromatic carbocycles. The molecule has 1 amide bonds. The quantitative estimate of drug-likeness (QED) is 0.903. The van der Waals surface area contributed by atoms with Gasteiger partial charge in [0, 0.05) is 25.2 Å². The van der Waals surface area contributed by atoms with Gasteiger partial charge in [-0.2, -0.15) is 5.10 Å². The Kier molecular flexibility index (Phi) is 3.24. The highest BCUT2D eigenvalue weighted by Gasteiger charge is 2.24. The molecule has 0 radical (unpaired) electrons. The summed E-state index contributed by atoms with van der Waals surface area (Å²) in [6, 6.07) is 5.38. The zero-order chi connectivity index (χ0) is 13.1. The monoisotopic (exact) mass is 258 g/mol. The molecule has 2 aromatic rings. The fourth-order valence-electron chi connectivity index (χ4n) is 2.07. The van der Waals surface area contributed by atoms with Crippen LogP contribution < -0.4 is 5.32 Å². The summed E-state index contributed by atoms with van der Waals surface area (Å²) in [7, 11) is 0. The van der Waals surface area contributed by atoms with Crippen LogP contribution in [0.2, 0.25) is 0 Å². The molecule has 1 saturated heterocycles. The predicted molar refractivity (Wildman–Crippen MR) is 69.0 cm³/mol. The Labute approximate surface area is 110 Å². The fourth-order valence-corrected chi connectivity index (χ4v) is 2.07. The van der Waals surface area contributed by atoms with E-state index in [4.69, 9.17) is 4.74 Å². The van der Waals surface area contributed by atoms with Gasteiger partial charge in [0.15, 0.2) is 5.82 Å². The van der Waals surface area contributed by atoms with Crippen LogP contribution in [0.3, 0.4) is 0 Å². The molecule has 2 aromatic heterocycles. The van der Waals surface area contributed by atoms with Crippen molar-refractivity contribution in [1.82, 2.24) is 14.8 Å². The Bertz CT molecular complexity index is 562. The van der Waals surface area contributed by atoms with E-state index < -0.39 is 0 Å². The highest BCUT2D eigenvalue weighted by Crippen LogP contribution is 2.19. The summed E-state index contributed by atoms with van der Waals surface area (Å²) in [6.07, 6.45) is 6.45. The highest BCUT2D eigenvalue weighted by atomic mass is 16.5. The van der Waals surface area contributed by atoms with Crippen molar-refractivity contribution in [3.63, 3.8) is 0 Å². The van der Waals surface area contributed by atoms with Gasteiger partial charge >= 0.3 is 0 Å². The maximum atomic E-state index is 12.0. The van der Waals surface area contributed by atoms with Crippen LogP contribution in [-0.2, 0) is 9.53 Å².